The van der Waals surface area contributed by atoms with Gasteiger partial charge in [0.2, 0.25) is 0 Å². The number of ether oxygens (including phenoxy) is 2. The molecule has 0 bridgehead atoms. The minimum absolute atomic E-state index is 0.261. The monoisotopic (exact) mass is 310 g/mol. The van der Waals surface area contributed by atoms with Gasteiger partial charge in [-0.05, 0) is 22.3 Å². The molecule has 2 aromatic rings. The number of fused-ring (bicyclic) bond motifs is 3. The standard InChI is InChI=1S/C19H18O4/c1-22-17(20)19(18(21)23-2)11-13-7-3-5-9-15(13)16-10-6-4-8-14(16)12-19/h3-10H,11-12H2,1-2H3. The molecule has 118 valence electrons. The Labute approximate surface area is 135 Å². The fourth-order valence-corrected chi connectivity index (χ4v) is 3.35. The van der Waals surface area contributed by atoms with Gasteiger partial charge in [-0.1, -0.05) is 48.5 Å². The van der Waals surface area contributed by atoms with Gasteiger partial charge in [-0.3, -0.25) is 9.59 Å². The highest BCUT2D eigenvalue weighted by atomic mass is 16.5. The van der Waals surface area contributed by atoms with Crippen molar-refractivity contribution in [2.75, 3.05) is 14.2 Å². The van der Waals surface area contributed by atoms with E-state index in [2.05, 4.69) is 0 Å². The molecular weight excluding hydrogens is 292 g/mol. The smallest absolute Gasteiger partial charge is 0.323 e. The van der Waals surface area contributed by atoms with E-state index in [0.717, 1.165) is 22.3 Å². The molecule has 23 heavy (non-hydrogen) atoms. The Hall–Kier alpha value is -2.62. The van der Waals surface area contributed by atoms with Crippen LogP contribution in [0.25, 0.3) is 11.1 Å². The van der Waals surface area contributed by atoms with Crippen molar-refractivity contribution in [3.63, 3.8) is 0 Å². The Balaban J connectivity index is 2.27. The first-order chi connectivity index (χ1) is 11.1. The normalized spacial score (nSPS) is 14.9. The molecule has 1 aliphatic rings. The molecule has 0 aliphatic heterocycles. The van der Waals surface area contributed by atoms with Gasteiger partial charge >= 0.3 is 11.9 Å². The predicted molar refractivity (Wildman–Crippen MR) is 85.8 cm³/mol. The van der Waals surface area contributed by atoms with Crippen molar-refractivity contribution in [1.29, 1.82) is 0 Å². The van der Waals surface area contributed by atoms with Crippen molar-refractivity contribution in [1.82, 2.24) is 0 Å². The minimum Gasteiger partial charge on any atom is -0.468 e. The van der Waals surface area contributed by atoms with Crippen molar-refractivity contribution in [3.8, 4) is 11.1 Å². The molecule has 0 N–H and O–H groups in total. The van der Waals surface area contributed by atoms with Crippen LogP contribution >= 0.6 is 0 Å². The van der Waals surface area contributed by atoms with Crippen LogP contribution in [0.4, 0.5) is 0 Å². The van der Waals surface area contributed by atoms with Crippen molar-refractivity contribution in [2.45, 2.75) is 12.8 Å². The van der Waals surface area contributed by atoms with Crippen LogP contribution in [0, 0.1) is 5.41 Å². The van der Waals surface area contributed by atoms with Gasteiger partial charge < -0.3 is 9.47 Å². The van der Waals surface area contributed by atoms with E-state index in [0.29, 0.717) is 0 Å². The highest BCUT2D eigenvalue weighted by molar-refractivity contribution is 6.01. The summed E-state index contributed by atoms with van der Waals surface area (Å²) < 4.78 is 9.92. The fourth-order valence-electron chi connectivity index (χ4n) is 3.35. The molecule has 0 saturated carbocycles. The maximum atomic E-state index is 12.5. The summed E-state index contributed by atoms with van der Waals surface area (Å²) >= 11 is 0. The predicted octanol–water partition coefficient (Wildman–Crippen LogP) is 2.78. The van der Waals surface area contributed by atoms with Crippen molar-refractivity contribution in [3.05, 3.63) is 59.7 Å². The Morgan fingerprint density at radius 2 is 1.17 bits per heavy atom. The quantitative estimate of drug-likeness (QED) is 0.632. The van der Waals surface area contributed by atoms with Crippen LogP contribution in [0.3, 0.4) is 0 Å². The molecule has 3 rings (SSSR count). The molecule has 0 radical (unpaired) electrons. The summed E-state index contributed by atoms with van der Waals surface area (Å²) in [6.07, 6.45) is 0.522. The molecule has 0 amide bonds. The van der Waals surface area contributed by atoms with E-state index < -0.39 is 17.4 Å². The third kappa shape index (κ3) is 2.40. The molecule has 0 spiro atoms. The summed E-state index contributed by atoms with van der Waals surface area (Å²) in [7, 11) is 2.60. The zero-order valence-corrected chi connectivity index (χ0v) is 13.2. The second-order valence-electron chi connectivity index (χ2n) is 5.73. The maximum absolute atomic E-state index is 12.5. The van der Waals surface area contributed by atoms with Crippen LogP contribution in [0.15, 0.2) is 48.5 Å². The largest absolute Gasteiger partial charge is 0.468 e. The number of carbonyl (C=O) groups is 2. The third-order valence-electron chi connectivity index (χ3n) is 4.46. The number of carbonyl (C=O) groups excluding carboxylic acids is 2. The van der Waals surface area contributed by atoms with Gasteiger partial charge in [0.15, 0.2) is 5.41 Å². The van der Waals surface area contributed by atoms with E-state index in [4.69, 9.17) is 9.47 Å². The highest BCUT2D eigenvalue weighted by Crippen LogP contribution is 2.41. The topological polar surface area (TPSA) is 52.6 Å². The molecule has 0 heterocycles. The zero-order valence-electron chi connectivity index (χ0n) is 13.2. The van der Waals surface area contributed by atoms with Crippen molar-refractivity contribution < 1.29 is 19.1 Å². The molecule has 0 atom stereocenters. The van der Waals surface area contributed by atoms with Gasteiger partial charge in [0.05, 0.1) is 14.2 Å². The summed E-state index contributed by atoms with van der Waals surface area (Å²) in [5.41, 5.74) is 2.60. The second-order valence-corrected chi connectivity index (χ2v) is 5.73. The van der Waals surface area contributed by atoms with Gasteiger partial charge in [-0.15, -0.1) is 0 Å². The van der Waals surface area contributed by atoms with Crippen LogP contribution in [0.1, 0.15) is 11.1 Å². The summed E-state index contributed by atoms with van der Waals surface area (Å²) in [4.78, 5) is 25.1. The lowest BCUT2D eigenvalue weighted by Crippen LogP contribution is -2.44. The van der Waals surface area contributed by atoms with E-state index in [1.165, 1.54) is 14.2 Å². The molecule has 2 aromatic carbocycles. The van der Waals surface area contributed by atoms with Gasteiger partial charge in [-0.2, -0.15) is 0 Å². The number of rotatable bonds is 2. The number of hydrogen-bond donors (Lipinski definition) is 0. The SMILES string of the molecule is COC(=O)C1(C(=O)OC)Cc2ccccc2-c2ccccc2C1. The molecule has 1 aliphatic carbocycles. The molecule has 0 saturated heterocycles. The lowest BCUT2D eigenvalue weighted by atomic mass is 9.78. The van der Waals surface area contributed by atoms with Gasteiger partial charge in [0, 0.05) is 12.8 Å². The molecule has 0 aromatic heterocycles. The number of benzene rings is 2. The molecule has 4 nitrogen and oxygen atoms in total. The van der Waals surface area contributed by atoms with Crippen LogP contribution in [-0.4, -0.2) is 26.2 Å². The molecule has 0 unspecified atom stereocenters. The number of hydrogen-bond acceptors (Lipinski definition) is 4. The maximum Gasteiger partial charge on any atom is 0.323 e. The fraction of sp³-hybridized carbons (Fsp3) is 0.263. The average Bonchev–Trinajstić information content (AvgIpc) is 2.75. The Kier molecular flexibility index (Phi) is 3.90. The van der Waals surface area contributed by atoms with E-state index >= 15 is 0 Å². The zero-order chi connectivity index (χ0) is 16.4. The molecular formula is C19H18O4. The van der Waals surface area contributed by atoms with Crippen LogP contribution in [0.5, 0.6) is 0 Å². The molecule has 4 heteroatoms. The van der Waals surface area contributed by atoms with E-state index in [9.17, 15) is 9.59 Å². The van der Waals surface area contributed by atoms with Gasteiger partial charge in [-0.25, -0.2) is 0 Å². The Bertz CT molecular complexity index is 698. The third-order valence-corrected chi connectivity index (χ3v) is 4.46. The van der Waals surface area contributed by atoms with Crippen molar-refractivity contribution in [2.24, 2.45) is 5.41 Å². The first kappa shape index (κ1) is 15.3. The van der Waals surface area contributed by atoms with Crippen LogP contribution in [0.2, 0.25) is 0 Å². The van der Waals surface area contributed by atoms with Gasteiger partial charge in [0.25, 0.3) is 0 Å². The Morgan fingerprint density at radius 1 is 0.783 bits per heavy atom. The average molecular weight is 310 g/mol. The highest BCUT2D eigenvalue weighted by Gasteiger charge is 2.50. The Morgan fingerprint density at radius 3 is 1.57 bits per heavy atom. The number of methoxy groups -OCH3 is 2. The summed E-state index contributed by atoms with van der Waals surface area (Å²) in [5.74, 6) is -1.12. The second kappa shape index (κ2) is 5.88. The minimum atomic E-state index is -1.35. The summed E-state index contributed by atoms with van der Waals surface area (Å²) in [5, 5.41) is 0. The summed E-state index contributed by atoms with van der Waals surface area (Å²) in [6, 6.07) is 15.6. The van der Waals surface area contributed by atoms with Crippen LogP contribution < -0.4 is 0 Å². The van der Waals surface area contributed by atoms with Crippen molar-refractivity contribution >= 4 is 11.9 Å². The summed E-state index contributed by atoms with van der Waals surface area (Å²) in [6.45, 7) is 0. The first-order valence-electron chi connectivity index (χ1n) is 7.45. The van der Waals surface area contributed by atoms with E-state index in [1.54, 1.807) is 0 Å². The number of esters is 2. The van der Waals surface area contributed by atoms with Gasteiger partial charge in [0.1, 0.15) is 0 Å². The van der Waals surface area contributed by atoms with E-state index in [1.807, 2.05) is 48.5 Å². The first-order valence-corrected chi connectivity index (χ1v) is 7.45. The lowest BCUT2D eigenvalue weighted by molar-refractivity contribution is -0.169. The lowest BCUT2D eigenvalue weighted by Gasteiger charge is -2.27. The van der Waals surface area contributed by atoms with E-state index in [-0.39, 0.29) is 12.8 Å². The van der Waals surface area contributed by atoms with Crippen LogP contribution in [-0.2, 0) is 31.9 Å². The molecule has 0 fully saturated rings.